The third-order valence-electron chi connectivity index (χ3n) is 2.55. The molecule has 4 nitrogen and oxygen atoms in total. The Hall–Kier alpha value is -1.65. The number of nitrogens with zero attached hydrogens (tertiary/aromatic N) is 1. The molecular formula is C12H11ClN2O2. The normalized spacial score (nSPS) is 12.6. The van der Waals surface area contributed by atoms with Crippen LogP contribution in [0.4, 0.5) is 0 Å². The number of rotatable bonds is 3. The highest BCUT2D eigenvalue weighted by atomic mass is 35.5. The smallest absolute Gasteiger partial charge is 0.320 e. The summed E-state index contributed by atoms with van der Waals surface area (Å²) in [5.41, 5.74) is 7.15. The summed E-state index contributed by atoms with van der Waals surface area (Å²) in [7, 11) is 0. The molecule has 1 atom stereocenters. The second-order valence-corrected chi connectivity index (χ2v) is 4.22. The van der Waals surface area contributed by atoms with Gasteiger partial charge in [-0.15, -0.1) is 0 Å². The Balaban J connectivity index is 2.46. The van der Waals surface area contributed by atoms with Gasteiger partial charge >= 0.3 is 5.97 Å². The van der Waals surface area contributed by atoms with E-state index in [2.05, 4.69) is 4.98 Å². The Morgan fingerprint density at radius 1 is 1.47 bits per heavy atom. The van der Waals surface area contributed by atoms with E-state index >= 15 is 0 Å². The lowest BCUT2D eigenvalue weighted by Gasteiger charge is -2.09. The van der Waals surface area contributed by atoms with Gasteiger partial charge in [-0.3, -0.25) is 9.78 Å². The minimum absolute atomic E-state index is 0.259. The van der Waals surface area contributed by atoms with E-state index in [1.807, 2.05) is 0 Å². The van der Waals surface area contributed by atoms with Gasteiger partial charge in [0.25, 0.3) is 0 Å². The Morgan fingerprint density at radius 3 is 2.94 bits per heavy atom. The van der Waals surface area contributed by atoms with E-state index in [4.69, 9.17) is 22.4 Å². The number of carboxylic acid groups (broad SMARTS) is 1. The number of hydrogen-bond donors (Lipinski definition) is 2. The first-order chi connectivity index (χ1) is 8.08. The quantitative estimate of drug-likeness (QED) is 0.872. The number of pyridine rings is 1. The lowest BCUT2D eigenvalue weighted by Crippen LogP contribution is -2.32. The molecule has 0 fully saturated rings. The number of halogens is 1. The number of hydrogen-bond acceptors (Lipinski definition) is 3. The van der Waals surface area contributed by atoms with Crippen molar-refractivity contribution in [1.82, 2.24) is 4.98 Å². The van der Waals surface area contributed by atoms with Gasteiger partial charge in [0.2, 0.25) is 0 Å². The Morgan fingerprint density at radius 2 is 2.24 bits per heavy atom. The first-order valence-corrected chi connectivity index (χ1v) is 5.47. The maximum Gasteiger partial charge on any atom is 0.320 e. The molecule has 0 amide bonds. The fraction of sp³-hybridized carbons (Fsp3) is 0.167. The summed E-state index contributed by atoms with van der Waals surface area (Å²) in [4.78, 5) is 14.9. The minimum atomic E-state index is -1.02. The number of aromatic nitrogens is 1. The van der Waals surface area contributed by atoms with E-state index in [0.717, 1.165) is 16.5 Å². The average molecular weight is 251 g/mol. The second kappa shape index (κ2) is 4.69. The van der Waals surface area contributed by atoms with Crippen molar-refractivity contribution in [3.05, 3.63) is 41.0 Å². The van der Waals surface area contributed by atoms with Crippen LogP contribution in [0.1, 0.15) is 5.56 Å². The average Bonchev–Trinajstić information content (AvgIpc) is 2.29. The van der Waals surface area contributed by atoms with Gasteiger partial charge in [-0.05, 0) is 36.2 Å². The maximum atomic E-state index is 10.7. The van der Waals surface area contributed by atoms with E-state index in [1.54, 1.807) is 30.5 Å². The molecule has 0 saturated carbocycles. The standard InChI is InChI=1S/C12H11ClN2O2/c13-8-1-2-11-9(6-8)7(3-4-15-11)5-10(14)12(16)17/h1-4,6,10H,5,14H2,(H,16,17). The van der Waals surface area contributed by atoms with Crippen molar-refractivity contribution in [2.24, 2.45) is 5.73 Å². The Bertz CT molecular complexity index is 571. The van der Waals surface area contributed by atoms with Crippen LogP contribution in [0, 0.1) is 0 Å². The molecule has 0 aliphatic rings. The van der Waals surface area contributed by atoms with Crippen LogP contribution in [0.3, 0.4) is 0 Å². The minimum Gasteiger partial charge on any atom is -0.480 e. The van der Waals surface area contributed by atoms with Crippen LogP contribution in [0.2, 0.25) is 5.02 Å². The number of carboxylic acids is 1. The molecule has 0 spiro atoms. The first kappa shape index (κ1) is 11.8. The van der Waals surface area contributed by atoms with E-state index < -0.39 is 12.0 Å². The number of nitrogens with two attached hydrogens (primary N) is 1. The molecule has 1 heterocycles. The fourth-order valence-corrected chi connectivity index (χ4v) is 1.85. The summed E-state index contributed by atoms with van der Waals surface area (Å²) < 4.78 is 0. The first-order valence-electron chi connectivity index (χ1n) is 5.09. The van der Waals surface area contributed by atoms with Gasteiger partial charge in [0.05, 0.1) is 5.52 Å². The summed E-state index contributed by atoms with van der Waals surface area (Å²) in [5.74, 6) is -1.02. The van der Waals surface area contributed by atoms with Crippen molar-refractivity contribution in [3.8, 4) is 0 Å². The third-order valence-corrected chi connectivity index (χ3v) is 2.79. The van der Waals surface area contributed by atoms with Crippen LogP contribution in [-0.2, 0) is 11.2 Å². The summed E-state index contributed by atoms with van der Waals surface area (Å²) in [6.45, 7) is 0. The SMILES string of the molecule is NC(Cc1ccnc2ccc(Cl)cc12)C(=O)O. The van der Waals surface area contributed by atoms with Gasteiger partial charge in [-0.2, -0.15) is 0 Å². The predicted octanol–water partition coefficient (Wildman–Crippen LogP) is 1.84. The van der Waals surface area contributed by atoms with E-state index in [0.29, 0.717) is 5.02 Å². The molecule has 0 bridgehead atoms. The Kier molecular flexibility index (Phi) is 3.26. The fourth-order valence-electron chi connectivity index (χ4n) is 1.68. The van der Waals surface area contributed by atoms with Crippen LogP contribution in [0.5, 0.6) is 0 Å². The van der Waals surface area contributed by atoms with Crippen molar-refractivity contribution in [2.45, 2.75) is 12.5 Å². The topological polar surface area (TPSA) is 76.2 Å². The van der Waals surface area contributed by atoms with E-state index in [-0.39, 0.29) is 6.42 Å². The molecule has 5 heteroatoms. The van der Waals surface area contributed by atoms with Crippen LogP contribution >= 0.6 is 11.6 Å². The lowest BCUT2D eigenvalue weighted by molar-refractivity contribution is -0.138. The van der Waals surface area contributed by atoms with Gasteiger partial charge in [0.1, 0.15) is 6.04 Å². The van der Waals surface area contributed by atoms with Crippen molar-refractivity contribution in [1.29, 1.82) is 0 Å². The van der Waals surface area contributed by atoms with Gasteiger partial charge in [-0.1, -0.05) is 11.6 Å². The summed E-state index contributed by atoms with van der Waals surface area (Å²) in [5, 5.41) is 10.2. The molecule has 2 aromatic rings. The molecule has 2 rings (SSSR count). The molecule has 17 heavy (non-hydrogen) atoms. The van der Waals surface area contributed by atoms with Crippen molar-refractivity contribution < 1.29 is 9.90 Å². The highest BCUT2D eigenvalue weighted by molar-refractivity contribution is 6.31. The zero-order valence-corrected chi connectivity index (χ0v) is 9.69. The summed E-state index contributed by atoms with van der Waals surface area (Å²) in [6.07, 6.45) is 1.90. The van der Waals surface area contributed by atoms with Gasteiger partial charge in [0, 0.05) is 16.6 Å². The molecule has 0 saturated heterocycles. The highest BCUT2D eigenvalue weighted by Gasteiger charge is 2.14. The lowest BCUT2D eigenvalue weighted by atomic mass is 10.0. The van der Waals surface area contributed by atoms with Crippen molar-refractivity contribution in [2.75, 3.05) is 0 Å². The van der Waals surface area contributed by atoms with Crippen LogP contribution < -0.4 is 5.73 Å². The Labute approximate surface area is 103 Å². The zero-order chi connectivity index (χ0) is 12.4. The molecule has 0 aliphatic carbocycles. The molecule has 88 valence electrons. The highest BCUT2D eigenvalue weighted by Crippen LogP contribution is 2.21. The molecule has 3 N–H and O–H groups in total. The number of carbonyl (C=O) groups is 1. The molecule has 1 unspecified atom stereocenters. The molecule has 0 aliphatic heterocycles. The number of fused-ring (bicyclic) bond motifs is 1. The van der Waals surface area contributed by atoms with E-state index in [9.17, 15) is 4.79 Å². The predicted molar refractivity (Wildman–Crippen MR) is 66.1 cm³/mol. The molecular weight excluding hydrogens is 240 g/mol. The van der Waals surface area contributed by atoms with Crippen LogP contribution in [0.15, 0.2) is 30.5 Å². The van der Waals surface area contributed by atoms with Crippen LogP contribution in [-0.4, -0.2) is 22.1 Å². The maximum absolute atomic E-state index is 10.7. The summed E-state index contributed by atoms with van der Waals surface area (Å²) in [6, 6.07) is 6.17. The van der Waals surface area contributed by atoms with Crippen molar-refractivity contribution in [3.63, 3.8) is 0 Å². The summed E-state index contributed by atoms with van der Waals surface area (Å²) >= 11 is 5.91. The molecule has 1 aromatic heterocycles. The van der Waals surface area contributed by atoms with E-state index in [1.165, 1.54) is 0 Å². The van der Waals surface area contributed by atoms with Crippen molar-refractivity contribution >= 4 is 28.5 Å². The van der Waals surface area contributed by atoms with Gasteiger partial charge in [0.15, 0.2) is 0 Å². The van der Waals surface area contributed by atoms with Gasteiger partial charge in [-0.25, -0.2) is 0 Å². The number of benzene rings is 1. The largest absolute Gasteiger partial charge is 0.480 e. The van der Waals surface area contributed by atoms with Gasteiger partial charge < -0.3 is 10.8 Å². The zero-order valence-electron chi connectivity index (χ0n) is 8.93. The monoisotopic (exact) mass is 250 g/mol. The molecule has 1 aromatic carbocycles. The number of aliphatic carboxylic acids is 1. The second-order valence-electron chi connectivity index (χ2n) is 3.78. The third kappa shape index (κ3) is 2.54. The van der Waals surface area contributed by atoms with Crippen LogP contribution in [0.25, 0.3) is 10.9 Å². The molecule has 0 radical (unpaired) electrons.